The number of hydrogen-bond acceptors (Lipinski definition) is 3. The van der Waals surface area contributed by atoms with Gasteiger partial charge in [0.2, 0.25) is 3.79 Å². The lowest BCUT2D eigenvalue weighted by atomic mass is 10.1. The number of benzene rings is 1. The van der Waals surface area contributed by atoms with E-state index in [1.165, 1.54) is 0 Å². The first-order valence-electron chi connectivity index (χ1n) is 6.77. The minimum atomic E-state index is -1.59. The number of alkyl halides is 3. The first kappa shape index (κ1) is 14.8. The van der Waals surface area contributed by atoms with Gasteiger partial charge in [0.15, 0.2) is 5.82 Å². The summed E-state index contributed by atoms with van der Waals surface area (Å²) in [6, 6.07) is 7.74. The van der Waals surface area contributed by atoms with Gasteiger partial charge in [0.05, 0.1) is 16.6 Å². The molecule has 23 heavy (non-hydrogen) atoms. The van der Waals surface area contributed by atoms with Gasteiger partial charge >= 0.3 is 0 Å². The maximum absolute atomic E-state index is 5.91. The zero-order chi connectivity index (χ0) is 16.2. The van der Waals surface area contributed by atoms with E-state index in [9.17, 15) is 0 Å². The maximum atomic E-state index is 5.91. The van der Waals surface area contributed by atoms with Crippen molar-refractivity contribution in [2.45, 2.75) is 3.79 Å². The van der Waals surface area contributed by atoms with Crippen LogP contribution < -0.4 is 0 Å². The van der Waals surface area contributed by atoms with Gasteiger partial charge in [-0.05, 0) is 24.3 Å². The van der Waals surface area contributed by atoms with E-state index in [4.69, 9.17) is 34.8 Å². The summed E-state index contributed by atoms with van der Waals surface area (Å²) in [5.41, 5.74) is 4.33. The van der Waals surface area contributed by atoms with E-state index < -0.39 is 3.79 Å². The topological polar surface area (TPSA) is 59.4 Å². The molecular weight excluding hydrogens is 357 g/mol. The largest absolute Gasteiger partial charge is 0.338 e. The lowest BCUT2D eigenvalue weighted by Gasteiger charge is -2.04. The summed E-state index contributed by atoms with van der Waals surface area (Å²) >= 11 is 17.7. The van der Waals surface area contributed by atoms with Gasteiger partial charge in [-0.1, -0.05) is 34.8 Å². The number of aryl methyl sites for hydroxylation is 1. The number of aromatic amines is 1. The molecule has 0 fully saturated rings. The fourth-order valence-corrected chi connectivity index (χ4v) is 2.89. The van der Waals surface area contributed by atoms with Gasteiger partial charge in [-0.15, -0.1) is 0 Å². The molecule has 1 N–H and O–H groups in total. The van der Waals surface area contributed by atoms with Crippen molar-refractivity contribution in [3.63, 3.8) is 0 Å². The Balaban J connectivity index is 2.01. The second kappa shape index (κ2) is 5.09. The van der Waals surface area contributed by atoms with Gasteiger partial charge < -0.3 is 4.98 Å². The van der Waals surface area contributed by atoms with Crippen molar-refractivity contribution < 1.29 is 0 Å². The summed E-state index contributed by atoms with van der Waals surface area (Å²) < 4.78 is 0.234. The van der Waals surface area contributed by atoms with E-state index in [1.54, 1.807) is 12.4 Å². The van der Waals surface area contributed by atoms with Crippen LogP contribution in [0, 0.1) is 0 Å². The fourth-order valence-electron chi connectivity index (χ4n) is 2.62. The minimum Gasteiger partial charge on any atom is -0.338 e. The normalized spacial score (nSPS) is 12.3. The van der Waals surface area contributed by atoms with Gasteiger partial charge in [0.1, 0.15) is 5.69 Å². The SMILES string of the molecule is Cn1nc(-c2ccncc2)c2cc3nc(C(Cl)(Cl)Cl)[nH]c3cc21. The summed E-state index contributed by atoms with van der Waals surface area (Å²) in [6.45, 7) is 0. The third-order valence-corrected chi connectivity index (χ3v) is 4.21. The number of aromatic nitrogens is 5. The number of halogens is 3. The van der Waals surface area contributed by atoms with Crippen LogP contribution in [-0.4, -0.2) is 24.7 Å². The summed E-state index contributed by atoms with van der Waals surface area (Å²) in [6.07, 6.45) is 3.48. The highest BCUT2D eigenvalue weighted by Crippen LogP contribution is 2.38. The molecule has 0 bridgehead atoms. The van der Waals surface area contributed by atoms with E-state index in [0.29, 0.717) is 5.82 Å². The second-order valence-corrected chi connectivity index (χ2v) is 7.46. The van der Waals surface area contributed by atoms with Gasteiger partial charge in [-0.2, -0.15) is 5.10 Å². The zero-order valence-corrected chi connectivity index (χ0v) is 14.2. The van der Waals surface area contributed by atoms with Crippen LogP contribution in [0.15, 0.2) is 36.7 Å². The minimum absolute atomic E-state index is 0.297. The first-order chi connectivity index (χ1) is 10.9. The molecule has 3 aromatic heterocycles. The molecule has 4 rings (SSSR count). The van der Waals surface area contributed by atoms with Crippen molar-refractivity contribution in [3.05, 3.63) is 42.5 Å². The van der Waals surface area contributed by atoms with Crippen molar-refractivity contribution in [1.82, 2.24) is 24.7 Å². The molecule has 0 unspecified atom stereocenters. The summed E-state index contributed by atoms with van der Waals surface area (Å²) in [4.78, 5) is 11.5. The van der Waals surface area contributed by atoms with E-state index in [2.05, 4.69) is 20.1 Å². The molecule has 4 aromatic rings. The van der Waals surface area contributed by atoms with E-state index in [1.807, 2.05) is 36.0 Å². The van der Waals surface area contributed by atoms with Crippen LogP contribution in [0.2, 0.25) is 0 Å². The Hall–Kier alpha value is -1.82. The van der Waals surface area contributed by atoms with Crippen LogP contribution in [0.4, 0.5) is 0 Å². The van der Waals surface area contributed by atoms with Gasteiger partial charge in [-0.3, -0.25) is 9.67 Å². The highest BCUT2D eigenvalue weighted by Gasteiger charge is 2.27. The van der Waals surface area contributed by atoms with Crippen LogP contribution >= 0.6 is 34.8 Å². The Morgan fingerprint density at radius 2 is 1.87 bits per heavy atom. The van der Waals surface area contributed by atoms with E-state index in [0.717, 1.165) is 33.2 Å². The predicted molar refractivity (Wildman–Crippen MR) is 92.8 cm³/mol. The molecule has 5 nitrogen and oxygen atoms in total. The van der Waals surface area contributed by atoms with Gasteiger partial charge in [0, 0.05) is 30.4 Å². The Morgan fingerprint density at radius 1 is 1.13 bits per heavy atom. The zero-order valence-electron chi connectivity index (χ0n) is 11.9. The van der Waals surface area contributed by atoms with Crippen molar-refractivity contribution in [1.29, 1.82) is 0 Å². The molecule has 0 saturated carbocycles. The molecule has 1 aromatic carbocycles. The average molecular weight is 367 g/mol. The van der Waals surface area contributed by atoms with Crippen molar-refractivity contribution in [2.75, 3.05) is 0 Å². The van der Waals surface area contributed by atoms with E-state index in [-0.39, 0.29) is 0 Å². The quantitative estimate of drug-likeness (QED) is 0.510. The molecule has 0 amide bonds. The monoisotopic (exact) mass is 365 g/mol. The molecule has 0 aliphatic rings. The summed E-state index contributed by atoms with van der Waals surface area (Å²) in [5.74, 6) is 0.297. The summed E-state index contributed by atoms with van der Waals surface area (Å²) in [7, 11) is 1.89. The Bertz CT molecular complexity index is 1010. The number of H-pyrrole nitrogens is 1. The lowest BCUT2D eigenvalue weighted by molar-refractivity contribution is 0.801. The molecule has 0 atom stereocenters. The predicted octanol–water partition coefficient (Wildman–Crippen LogP) is 4.34. The number of rotatable bonds is 1. The number of imidazole rings is 1. The maximum Gasteiger partial charge on any atom is 0.248 e. The first-order valence-corrected chi connectivity index (χ1v) is 7.91. The second-order valence-electron chi connectivity index (χ2n) is 5.18. The standard InChI is InChI=1S/C15H10Cl3N5/c1-23-12-7-11-10(20-14(21-11)15(16,17)18)6-9(12)13(22-23)8-2-4-19-5-3-8/h2-7H,1H3,(H,20,21). The van der Waals surface area contributed by atoms with Crippen LogP contribution in [-0.2, 0) is 10.8 Å². The molecule has 0 aliphatic heterocycles. The number of nitrogens with zero attached hydrogens (tertiary/aromatic N) is 4. The highest BCUT2D eigenvalue weighted by atomic mass is 35.6. The number of nitrogens with one attached hydrogen (secondary N) is 1. The fraction of sp³-hybridized carbons (Fsp3) is 0.133. The number of pyridine rings is 1. The van der Waals surface area contributed by atoms with E-state index >= 15 is 0 Å². The van der Waals surface area contributed by atoms with Gasteiger partial charge in [-0.25, -0.2) is 4.98 Å². The van der Waals surface area contributed by atoms with Crippen LogP contribution in [0.25, 0.3) is 33.2 Å². The lowest BCUT2D eigenvalue weighted by Crippen LogP contribution is -2.02. The van der Waals surface area contributed by atoms with Crippen molar-refractivity contribution in [3.8, 4) is 11.3 Å². The third kappa shape index (κ3) is 2.45. The molecule has 0 aliphatic carbocycles. The van der Waals surface area contributed by atoms with Crippen LogP contribution in [0.5, 0.6) is 0 Å². The smallest absolute Gasteiger partial charge is 0.248 e. The molecule has 0 saturated heterocycles. The Kier molecular flexibility index (Phi) is 3.27. The number of hydrogen-bond donors (Lipinski definition) is 1. The molecular formula is C15H10Cl3N5. The van der Waals surface area contributed by atoms with Crippen LogP contribution in [0.3, 0.4) is 0 Å². The molecule has 8 heteroatoms. The van der Waals surface area contributed by atoms with Gasteiger partial charge in [0.25, 0.3) is 0 Å². The molecule has 0 spiro atoms. The molecule has 116 valence electrons. The number of fused-ring (bicyclic) bond motifs is 2. The Morgan fingerprint density at radius 3 is 2.57 bits per heavy atom. The average Bonchev–Trinajstić information content (AvgIpc) is 3.07. The third-order valence-electron chi connectivity index (χ3n) is 3.68. The summed E-state index contributed by atoms with van der Waals surface area (Å²) in [5, 5.41) is 5.58. The molecule has 0 radical (unpaired) electrons. The highest BCUT2D eigenvalue weighted by molar-refractivity contribution is 6.66. The van der Waals surface area contributed by atoms with Crippen LogP contribution in [0.1, 0.15) is 5.82 Å². The van der Waals surface area contributed by atoms with Crippen molar-refractivity contribution in [2.24, 2.45) is 7.05 Å². The Labute approximate surface area is 146 Å². The molecule has 3 heterocycles. The van der Waals surface area contributed by atoms with Crippen molar-refractivity contribution >= 4 is 56.7 Å².